The van der Waals surface area contributed by atoms with Crippen molar-refractivity contribution in [3.05, 3.63) is 59.8 Å². The molecule has 7 heteroatoms. The Morgan fingerprint density at radius 2 is 1.78 bits per heavy atom. The van der Waals surface area contributed by atoms with E-state index in [-0.39, 0.29) is 5.91 Å². The summed E-state index contributed by atoms with van der Waals surface area (Å²) >= 11 is 0. The highest BCUT2D eigenvalue weighted by Crippen LogP contribution is 2.49. The third-order valence-electron chi connectivity index (χ3n) is 6.74. The number of amides is 1. The van der Waals surface area contributed by atoms with Crippen LogP contribution in [0.3, 0.4) is 0 Å². The van der Waals surface area contributed by atoms with Crippen molar-refractivity contribution >= 4 is 5.91 Å². The summed E-state index contributed by atoms with van der Waals surface area (Å²) in [5, 5.41) is 4.53. The average molecular weight is 431 g/mol. The lowest BCUT2D eigenvalue weighted by molar-refractivity contribution is -0.00181. The number of nitrogens with zero attached hydrogens (tertiary/aromatic N) is 3. The molecule has 0 aliphatic carbocycles. The molecule has 0 atom stereocenters. The Morgan fingerprint density at radius 3 is 2.66 bits per heavy atom. The molecule has 2 aromatic carbocycles. The molecule has 0 radical (unpaired) electrons. The van der Waals surface area contributed by atoms with Crippen molar-refractivity contribution in [2.24, 2.45) is 7.05 Å². The summed E-state index contributed by atoms with van der Waals surface area (Å²) in [6, 6.07) is 13.6. The number of fused-ring (bicyclic) bond motifs is 5. The minimum Gasteiger partial charge on any atom is -0.490 e. The van der Waals surface area contributed by atoms with Gasteiger partial charge in [-0.05, 0) is 24.3 Å². The lowest BCUT2D eigenvalue weighted by Crippen LogP contribution is -2.49. The highest BCUT2D eigenvalue weighted by atomic mass is 16.5. The lowest BCUT2D eigenvalue weighted by Gasteiger charge is -2.44. The number of aromatic nitrogens is 2. The molecule has 0 N–H and O–H groups in total. The lowest BCUT2D eigenvalue weighted by atomic mass is 9.81. The molecule has 1 saturated heterocycles. The van der Waals surface area contributed by atoms with Gasteiger partial charge in [0, 0.05) is 50.5 Å². The molecule has 0 unspecified atom stereocenters. The Morgan fingerprint density at radius 1 is 1.00 bits per heavy atom. The van der Waals surface area contributed by atoms with E-state index < -0.39 is 5.60 Å². The van der Waals surface area contributed by atoms with Crippen molar-refractivity contribution in [2.75, 3.05) is 26.3 Å². The van der Waals surface area contributed by atoms with Gasteiger partial charge in [0.15, 0.2) is 11.5 Å². The number of hydrogen-bond acceptors (Lipinski definition) is 5. The second-order valence-corrected chi connectivity index (χ2v) is 8.60. The number of rotatable bonds is 1. The number of hydrogen-bond donors (Lipinski definition) is 0. The van der Waals surface area contributed by atoms with Crippen LogP contribution in [0.25, 0.3) is 11.3 Å². The summed E-state index contributed by atoms with van der Waals surface area (Å²) in [6.07, 6.45) is 4.14. The standard InChI is InChI=1S/C25H25N3O4/c1-27-22-17-6-2-3-8-20(17)32-25(19(22)16-26-27)10-12-28(13-11-25)24(29)18-7-4-9-21-23(18)31-15-5-14-30-21/h2-4,6-9,16H,5,10-15H2,1H3. The number of ether oxygens (including phenoxy) is 3. The van der Waals surface area contributed by atoms with E-state index >= 15 is 0 Å². The molecular formula is C25H25N3O4. The maximum absolute atomic E-state index is 13.4. The summed E-state index contributed by atoms with van der Waals surface area (Å²) in [4.78, 5) is 15.3. The van der Waals surface area contributed by atoms with Gasteiger partial charge in [0.1, 0.15) is 11.4 Å². The van der Waals surface area contributed by atoms with Crippen LogP contribution in [0.4, 0.5) is 0 Å². The second kappa shape index (κ2) is 7.29. The number of likely N-dealkylation sites (tertiary alicyclic amines) is 1. The van der Waals surface area contributed by atoms with E-state index in [1.54, 1.807) is 0 Å². The van der Waals surface area contributed by atoms with E-state index in [2.05, 4.69) is 11.2 Å². The number of para-hydroxylation sites is 2. The largest absolute Gasteiger partial charge is 0.490 e. The van der Waals surface area contributed by atoms with Crippen LogP contribution >= 0.6 is 0 Å². The van der Waals surface area contributed by atoms with Crippen LogP contribution in [0.2, 0.25) is 0 Å². The van der Waals surface area contributed by atoms with Gasteiger partial charge >= 0.3 is 0 Å². The summed E-state index contributed by atoms with van der Waals surface area (Å²) in [6.45, 7) is 2.35. The summed E-state index contributed by atoms with van der Waals surface area (Å²) in [5.74, 6) is 2.06. The third kappa shape index (κ3) is 2.87. The van der Waals surface area contributed by atoms with Crippen LogP contribution in [0.5, 0.6) is 17.2 Å². The molecule has 7 nitrogen and oxygen atoms in total. The Hall–Kier alpha value is -3.48. The number of carbonyl (C=O) groups is 1. The van der Waals surface area contributed by atoms with Crippen molar-refractivity contribution < 1.29 is 19.0 Å². The van der Waals surface area contributed by atoms with Crippen molar-refractivity contribution in [3.63, 3.8) is 0 Å². The molecule has 1 fully saturated rings. The molecule has 1 aromatic heterocycles. The first-order valence-corrected chi connectivity index (χ1v) is 11.2. The Bertz CT molecular complexity index is 1190. The number of piperidine rings is 1. The molecule has 4 heterocycles. The minimum absolute atomic E-state index is 0.0233. The Balaban J connectivity index is 1.28. The molecule has 3 aromatic rings. The maximum atomic E-state index is 13.4. The van der Waals surface area contributed by atoms with Crippen molar-refractivity contribution in [3.8, 4) is 28.5 Å². The quantitative estimate of drug-likeness (QED) is 0.587. The molecule has 0 bridgehead atoms. The molecule has 0 saturated carbocycles. The van der Waals surface area contributed by atoms with Crippen LogP contribution in [0.1, 0.15) is 35.2 Å². The SMILES string of the molecule is Cn1ncc2c1-c1ccccc1OC21CCN(C(=O)c2cccc3c2OCCCO3)CC1. The van der Waals surface area contributed by atoms with Crippen LogP contribution in [-0.2, 0) is 12.6 Å². The van der Waals surface area contributed by atoms with Crippen LogP contribution < -0.4 is 14.2 Å². The van der Waals surface area contributed by atoms with Crippen LogP contribution in [0, 0.1) is 0 Å². The van der Waals surface area contributed by atoms with Gasteiger partial charge in [-0.2, -0.15) is 5.10 Å². The fourth-order valence-corrected chi connectivity index (χ4v) is 5.08. The minimum atomic E-state index is -0.470. The van der Waals surface area contributed by atoms with E-state index in [0.29, 0.717) is 56.2 Å². The van der Waals surface area contributed by atoms with E-state index in [4.69, 9.17) is 14.2 Å². The van der Waals surface area contributed by atoms with Gasteiger partial charge in [0.25, 0.3) is 5.91 Å². The number of carbonyl (C=O) groups excluding carboxylic acids is 1. The first-order valence-electron chi connectivity index (χ1n) is 11.2. The molecular weight excluding hydrogens is 406 g/mol. The van der Waals surface area contributed by atoms with E-state index in [9.17, 15) is 4.79 Å². The normalized spacial score (nSPS) is 18.3. The topological polar surface area (TPSA) is 65.8 Å². The van der Waals surface area contributed by atoms with Crippen molar-refractivity contribution in [1.82, 2.24) is 14.7 Å². The molecule has 32 heavy (non-hydrogen) atoms. The van der Waals surface area contributed by atoms with E-state index in [1.165, 1.54) is 0 Å². The highest BCUT2D eigenvalue weighted by Gasteiger charge is 2.46. The Kier molecular flexibility index (Phi) is 4.38. The predicted octanol–water partition coefficient (Wildman–Crippen LogP) is 3.77. The zero-order valence-corrected chi connectivity index (χ0v) is 18.0. The number of benzene rings is 2. The fraction of sp³-hybridized carbons (Fsp3) is 0.360. The van der Waals surface area contributed by atoms with Crippen molar-refractivity contribution in [1.29, 1.82) is 0 Å². The van der Waals surface area contributed by atoms with E-state index in [1.807, 2.05) is 59.2 Å². The molecule has 1 amide bonds. The third-order valence-corrected chi connectivity index (χ3v) is 6.74. The average Bonchev–Trinajstić information content (AvgIpc) is 3.06. The van der Waals surface area contributed by atoms with Gasteiger partial charge < -0.3 is 19.1 Å². The van der Waals surface area contributed by atoms with Crippen LogP contribution in [-0.4, -0.2) is 46.9 Å². The van der Waals surface area contributed by atoms with Gasteiger partial charge in [-0.3, -0.25) is 9.48 Å². The molecule has 3 aliphatic rings. The van der Waals surface area contributed by atoms with E-state index in [0.717, 1.165) is 29.0 Å². The van der Waals surface area contributed by atoms with Crippen LogP contribution in [0.15, 0.2) is 48.7 Å². The fourth-order valence-electron chi connectivity index (χ4n) is 5.08. The van der Waals surface area contributed by atoms with Crippen molar-refractivity contribution in [2.45, 2.75) is 24.9 Å². The summed E-state index contributed by atoms with van der Waals surface area (Å²) < 4.78 is 20.2. The van der Waals surface area contributed by atoms with Gasteiger partial charge in [-0.1, -0.05) is 18.2 Å². The van der Waals surface area contributed by atoms with Gasteiger partial charge in [0.05, 0.1) is 30.7 Å². The molecule has 1 spiro atoms. The first kappa shape index (κ1) is 19.2. The molecule has 3 aliphatic heterocycles. The first-order chi connectivity index (χ1) is 15.7. The predicted molar refractivity (Wildman–Crippen MR) is 118 cm³/mol. The highest BCUT2D eigenvalue weighted by molar-refractivity contribution is 5.98. The number of aryl methyl sites for hydroxylation is 1. The Labute approximate surface area is 186 Å². The smallest absolute Gasteiger partial charge is 0.257 e. The molecule has 164 valence electrons. The zero-order chi connectivity index (χ0) is 21.7. The zero-order valence-electron chi connectivity index (χ0n) is 18.0. The second-order valence-electron chi connectivity index (χ2n) is 8.60. The molecule has 6 rings (SSSR count). The summed E-state index contributed by atoms with van der Waals surface area (Å²) in [7, 11) is 1.97. The monoisotopic (exact) mass is 431 g/mol. The van der Waals surface area contributed by atoms with Gasteiger partial charge in [0.2, 0.25) is 0 Å². The van der Waals surface area contributed by atoms with Gasteiger partial charge in [-0.15, -0.1) is 0 Å². The van der Waals surface area contributed by atoms with Gasteiger partial charge in [-0.25, -0.2) is 0 Å². The maximum Gasteiger partial charge on any atom is 0.257 e. The summed E-state index contributed by atoms with van der Waals surface area (Å²) in [5.41, 5.74) is 3.37.